The van der Waals surface area contributed by atoms with E-state index in [0.717, 1.165) is 11.3 Å². The first-order valence-corrected chi connectivity index (χ1v) is 9.56. The average Bonchev–Trinajstić information content (AvgIpc) is 2.95. The molecule has 3 heterocycles. The number of hydrogen-bond donors (Lipinski definition) is 1. The van der Waals surface area contributed by atoms with Crippen molar-refractivity contribution in [3.05, 3.63) is 46.0 Å². The lowest BCUT2D eigenvalue weighted by atomic mass is 10.0. The van der Waals surface area contributed by atoms with Gasteiger partial charge in [-0.25, -0.2) is 9.18 Å². The van der Waals surface area contributed by atoms with Crippen LogP contribution in [0.3, 0.4) is 0 Å². The molecule has 4 rings (SSSR count). The van der Waals surface area contributed by atoms with Crippen LogP contribution in [-0.2, 0) is 19.5 Å². The monoisotopic (exact) mass is 405 g/mol. The summed E-state index contributed by atoms with van der Waals surface area (Å²) in [5.74, 6) is -0.299. The van der Waals surface area contributed by atoms with E-state index in [-0.39, 0.29) is 17.0 Å². The number of benzene rings is 1. The average molecular weight is 406 g/mol. The lowest BCUT2D eigenvalue weighted by molar-refractivity contribution is 0.0781. The Morgan fingerprint density at radius 3 is 2.89 bits per heavy atom. The molecule has 0 saturated carbocycles. The van der Waals surface area contributed by atoms with Gasteiger partial charge in [0, 0.05) is 44.4 Å². The van der Waals surface area contributed by atoms with Crippen LogP contribution in [0.2, 0.25) is 5.02 Å². The van der Waals surface area contributed by atoms with E-state index < -0.39 is 5.82 Å². The van der Waals surface area contributed by atoms with Gasteiger partial charge in [-0.05, 0) is 24.1 Å². The molecule has 2 aromatic rings. The third kappa shape index (κ3) is 3.32. The highest BCUT2D eigenvalue weighted by atomic mass is 35.5. The molecule has 1 unspecified atom stereocenters. The van der Waals surface area contributed by atoms with Crippen LogP contribution in [0.4, 0.5) is 14.9 Å². The summed E-state index contributed by atoms with van der Waals surface area (Å²) in [4.78, 5) is 28.9. The summed E-state index contributed by atoms with van der Waals surface area (Å²) >= 11 is 5.78. The maximum Gasteiger partial charge on any atom is 0.322 e. The number of nitrogens with zero attached hydrogens (tertiary/aromatic N) is 4. The number of rotatable bonds is 1. The summed E-state index contributed by atoms with van der Waals surface area (Å²) in [6, 6.07) is 3.71. The van der Waals surface area contributed by atoms with Crippen LogP contribution < -0.4 is 5.32 Å². The number of amides is 3. The van der Waals surface area contributed by atoms with Crippen molar-refractivity contribution in [1.29, 1.82) is 0 Å². The minimum absolute atomic E-state index is 0.0524. The molecule has 1 aromatic heterocycles. The van der Waals surface area contributed by atoms with Gasteiger partial charge < -0.3 is 15.1 Å². The Hall–Kier alpha value is -2.61. The maximum atomic E-state index is 13.3. The molecule has 1 aromatic carbocycles. The third-order valence-corrected chi connectivity index (χ3v) is 5.47. The van der Waals surface area contributed by atoms with E-state index in [1.54, 1.807) is 21.5 Å². The van der Waals surface area contributed by atoms with E-state index in [2.05, 4.69) is 17.3 Å². The second-order valence-corrected chi connectivity index (χ2v) is 7.88. The standard InChI is InChI=1S/C19H21ClFN5O2/c1-11-8-24(2)18(27)17-13-10-25(6-5-16(13)23-26(17)9-11)19(28)22-12-3-4-15(21)14(20)7-12/h3-4,7,11H,5-6,8-10H2,1-2H3,(H,22,28). The molecule has 0 aliphatic carbocycles. The number of urea groups is 1. The summed E-state index contributed by atoms with van der Waals surface area (Å²) in [6.07, 6.45) is 0.582. The number of aromatic nitrogens is 2. The van der Waals surface area contributed by atoms with Crippen molar-refractivity contribution >= 4 is 29.2 Å². The van der Waals surface area contributed by atoms with Crippen molar-refractivity contribution in [3.8, 4) is 0 Å². The molecule has 1 N–H and O–H groups in total. The van der Waals surface area contributed by atoms with E-state index in [1.807, 2.05) is 0 Å². The molecule has 0 radical (unpaired) electrons. The molecule has 9 heteroatoms. The molecule has 2 aliphatic heterocycles. The largest absolute Gasteiger partial charge is 0.340 e. The fourth-order valence-electron chi connectivity index (χ4n) is 3.83. The van der Waals surface area contributed by atoms with E-state index in [4.69, 9.17) is 11.6 Å². The van der Waals surface area contributed by atoms with Crippen molar-refractivity contribution < 1.29 is 14.0 Å². The zero-order valence-electron chi connectivity index (χ0n) is 15.7. The molecule has 0 saturated heterocycles. The smallest absolute Gasteiger partial charge is 0.322 e. The molecule has 0 fully saturated rings. The molecule has 2 aliphatic rings. The predicted molar refractivity (Wildman–Crippen MR) is 103 cm³/mol. The molecular weight excluding hydrogens is 385 g/mol. The second kappa shape index (κ2) is 7.09. The molecule has 3 amide bonds. The summed E-state index contributed by atoms with van der Waals surface area (Å²) in [5.41, 5.74) is 2.68. The van der Waals surface area contributed by atoms with Gasteiger partial charge in [-0.1, -0.05) is 18.5 Å². The highest BCUT2D eigenvalue weighted by molar-refractivity contribution is 6.31. The summed E-state index contributed by atoms with van der Waals surface area (Å²) in [6.45, 7) is 4.24. The minimum atomic E-state index is -0.540. The quantitative estimate of drug-likeness (QED) is 0.792. The van der Waals surface area contributed by atoms with Crippen LogP contribution >= 0.6 is 11.6 Å². The van der Waals surface area contributed by atoms with Gasteiger partial charge in [0.05, 0.1) is 17.3 Å². The Morgan fingerprint density at radius 1 is 1.36 bits per heavy atom. The molecule has 0 spiro atoms. The molecule has 7 nitrogen and oxygen atoms in total. The van der Waals surface area contributed by atoms with Crippen molar-refractivity contribution in [1.82, 2.24) is 19.6 Å². The van der Waals surface area contributed by atoms with Crippen LogP contribution in [-0.4, -0.2) is 51.7 Å². The number of fused-ring (bicyclic) bond motifs is 3. The lowest BCUT2D eigenvalue weighted by Gasteiger charge is -2.27. The fourth-order valence-corrected chi connectivity index (χ4v) is 4.01. The molecule has 148 valence electrons. The molecule has 28 heavy (non-hydrogen) atoms. The lowest BCUT2D eigenvalue weighted by Crippen LogP contribution is -2.39. The minimum Gasteiger partial charge on any atom is -0.340 e. The number of hydrogen-bond acceptors (Lipinski definition) is 3. The van der Waals surface area contributed by atoms with Gasteiger partial charge in [0.25, 0.3) is 5.91 Å². The van der Waals surface area contributed by atoms with Crippen LogP contribution in [0.1, 0.15) is 28.7 Å². The van der Waals surface area contributed by atoms with Crippen molar-refractivity contribution in [2.24, 2.45) is 5.92 Å². The second-order valence-electron chi connectivity index (χ2n) is 7.48. The normalized spacial score (nSPS) is 19.1. The van der Waals surface area contributed by atoms with Gasteiger partial charge in [0.15, 0.2) is 0 Å². The maximum absolute atomic E-state index is 13.3. The number of nitrogens with one attached hydrogen (secondary N) is 1. The van der Waals surface area contributed by atoms with Gasteiger partial charge in [-0.3, -0.25) is 9.48 Å². The van der Waals surface area contributed by atoms with Crippen LogP contribution in [0, 0.1) is 11.7 Å². The van der Waals surface area contributed by atoms with Gasteiger partial charge in [0.2, 0.25) is 0 Å². The Bertz CT molecular complexity index is 960. The molecule has 0 bridgehead atoms. The van der Waals surface area contributed by atoms with E-state index >= 15 is 0 Å². The summed E-state index contributed by atoms with van der Waals surface area (Å²) < 4.78 is 15.1. The van der Waals surface area contributed by atoms with Crippen molar-refractivity contribution in [2.75, 3.05) is 25.5 Å². The third-order valence-electron chi connectivity index (χ3n) is 5.18. The van der Waals surface area contributed by atoms with Crippen molar-refractivity contribution in [2.45, 2.75) is 26.4 Å². The Kier molecular flexibility index (Phi) is 4.74. The zero-order valence-corrected chi connectivity index (χ0v) is 16.5. The van der Waals surface area contributed by atoms with E-state index in [0.29, 0.717) is 49.9 Å². The highest BCUT2D eigenvalue weighted by Gasteiger charge is 2.33. The van der Waals surface area contributed by atoms with Crippen LogP contribution in [0.15, 0.2) is 18.2 Å². The van der Waals surface area contributed by atoms with Crippen LogP contribution in [0.5, 0.6) is 0 Å². The number of anilines is 1. The molecular formula is C19H21ClFN5O2. The SMILES string of the molecule is CC1CN(C)C(=O)c2c3c(nn2C1)CCN(C(=O)Nc1ccc(F)c(Cl)c1)C3. The van der Waals surface area contributed by atoms with E-state index in [9.17, 15) is 14.0 Å². The van der Waals surface area contributed by atoms with E-state index in [1.165, 1.54) is 18.2 Å². The highest BCUT2D eigenvalue weighted by Crippen LogP contribution is 2.27. The Morgan fingerprint density at radius 2 is 2.14 bits per heavy atom. The van der Waals surface area contributed by atoms with Crippen LogP contribution in [0.25, 0.3) is 0 Å². The van der Waals surface area contributed by atoms with Gasteiger partial charge >= 0.3 is 6.03 Å². The number of halogens is 2. The zero-order chi connectivity index (χ0) is 20.0. The Balaban J connectivity index is 1.57. The fraction of sp³-hybridized carbons (Fsp3) is 0.421. The van der Waals surface area contributed by atoms with Gasteiger partial charge in [-0.15, -0.1) is 0 Å². The first-order valence-electron chi connectivity index (χ1n) is 9.18. The Labute approximate surface area is 167 Å². The van der Waals surface area contributed by atoms with Gasteiger partial charge in [-0.2, -0.15) is 5.10 Å². The number of carbonyl (C=O) groups is 2. The topological polar surface area (TPSA) is 70.5 Å². The van der Waals surface area contributed by atoms with Gasteiger partial charge in [0.1, 0.15) is 11.5 Å². The predicted octanol–water partition coefficient (Wildman–Crippen LogP) is 2.99. The summed E-state index contributed by atoms with van der Waals surface area (Å²) in [7, 11) is 1.79. The first-order chi connectivity index (χ1) is 13.3. The van der Waals surface area contributed by atoms with Crippen molar-refractivity contribution in [3.63, 3.8) is 0 Å². The number of carbonyl (C=O) groups excluding carboxylic acids is 2. The molecule has 1 atom stereocenters. The summed E-state index contributed by atoms with van der Waals surface area (Å²) in [5, 5.41) is 7.32. The first kappa shape index (κ1) is 18.7.